The Balaban J connectivity index is 1.76. The van der Waals surface area contributed by atoms with Crippen LogP contribution in [-0.4, -0.2) is 11.5 Å². The third-order valence-electron chi connectivity index (χ3n) is 2.31. The van der Waals surface area contributed by atoms with Crippen LogP contribution in [0.5, 0.6) is 0 Å². The molecule has 17 heavy (non-hydrogen) atoms. The molecule has 0 aliphatic rings. The zero-order valence-corrected chi connectivity index (χ0v) is 12.3. The van der Waals surface area contributed by atoms with E-state index < -0.39 is 0 Å². The Hall–Kier alpha value is -0.420. The highest BCUT2D eigenvalue weighted by atomic mass is 79.9. The number of rotatable bonds is 5. The van der Waals surface area contributed by atoms with Crippen LogP contribution in [0.4, 0.5) is 0 Å². The smallest absolute Gasteiger partial charge is 0.0937 e. The summed E-state index contributed by atoms with van der Waals surface area (Å²) in [6.07, 6.45) is 2.82. The molecule has 0 spiro atoms. The van der Waals surface area contributed by atoms with Gasteiger partial charge in [-0.25, -0.2) is 4.98 Å². The van der Waals surface area contributed by atoms with Gasteiger partial charge in [-0.2, -0.15) is 0 Å². The van der Waals surface area contributed by atoms with Crippen molar-refractivity contribution in [3.05, 3.63) is 49.8 Å². The fourth-order valence-corrected chi connectivity index (χ4v) is 2.62. The zero-order valence-electron chi connectivity index (χ0n) is 9.12. The van der Waals surface area contributed by atoms with Crippen molar-refractivity contribution in [3.63, 3.8) is 0 Å². The summed E-state index contributed by atoms with van der Waals surface area (Å²) < 4.78 is 0.943. The molecule has 1 N–H and O–H groups in total. The lowest BCUT2D eigenvalue weighted by atomic mass is 10.2. The molecular weight excluding hydrogens is 320 g/mol. The summed E-state index contributed by atoms with van der Waals surface area (Å²) in [5.41, 5.74) is 1.22. The van der Waals surface area contributed by atoms with Gasteiger partial charge < -0.3 is 5.32 Å². The van der Waals surface area contributed by atoms with Gasteiger partial charge in [0.1, 0.15) is 0 Å². The third-order valence-corrected chi connectivity index (χ3v) is 4.37. The van der Waals surface area contributed by atoms with Crippen LogP contribution in [0.15, 0.2) is 34.2 Å². The lowest BCUT2D eigenvalue weighted by molar-refractivity contribution is 0.685. The number of hydrogen-bond acceptors (Lipinski definition) is 3. The number of nitrogens with one attached hydrogen (secondary N) is 1. The lowest BCUT2D eigenvalue weighted by Crippen LogP contribution is -2.16. The molecule has 1 heterocycles. The first kappa shape index (κ1) is 13.0. The first-order chi connectivity index (χ1) is 8.25. The summed E-state index contributed by atoms with van der Waals surface area (Å²) in [6, 6.07) is 5.98. The van der Waals surface area contributed by atoms with Crippen molar-refractivity contribution in [1.29, 1.82) is 0 Å². The van der Waals surface area contributed by atoms with E-state index in [1.165, 1.54) is 10.6 Å². The Morgan fingerprint density at radius 2 is 2.29 bits per heavy atom. The molecule has 0 saturated heterocycles. The monoisotopic (exact) mass is 330 g/mol. The highest BCUT2D eigenvalue weighted by molar-refractivity contribution is 9.10. The van der Waals surface area contributed by atoms with Gasteiger partial charge in [0.15, 0.2) is 0 Å². The van der Waals surface area contributed by atoms with Crippen LogP contribution in [0.1, 0.15) is 10.6 Å². The predicted octanol–water partition coefficient (Wildman–Crippen LogP) is 3.89. The Bertz CT molecular complexity index is 473. The molecule has 0 atom stereocenters. The largest absolute Gasteiger partial charge is 0.312 e. The average molecular weight is 332 g/mol. The maximum atomic E-state index is 5.94. The summed E-state index contributed by atoms with van der Waals surface area (Å²) in [4.78, 5) is 4.24. The van der Waals surface area contributed by atoms with Crippen LogP contribution in [0.2, 0.25) is 5.02 Å². The molecule has 2 nitrogen and oxygen atoms in total. The first-order valence-electron chi connectivity index (χ1n) is 5.29. The summed E-state index contributed by atoms with van der Waals surface area (Å²) in [5, 5.41) is 7.32. The van der Waals surface area contributed by atoms with Gasteiger partial charge in [0.2, 0.25) is 0 Å². The minimum absolute atomic E-state index is 0.747. The number of nitrogens with zero attached hydrogens (tertiary/aromatic N) is 1. The van der Waals surface area contributed by atoms with Gasteiger partial charge in [0.05, 0.1) is 10.0 Å². The minimum Gasteiger partial charge on any atom is -0.312 e. The molecule has 2 aromatic rings. The van der Waals surface area contributed by atoms with Crippen molar-refractivity contribution in [2.75, 3.05) is 6.54 Å². The summed E-state index contributed by atoms with van der Waals surface area (Å²) in [6.45, 7) is 1.79. The summed E-state index contributed by atoms with van der Waals surface area (Å²) in [5.74, 6) is 0. The molecular formula is C12H12BrClN2S. The summed E-state index contributed by atoms with van der Waals surface area (Å²) in [7, 11) is 0. The van der Waals surface area contributed by atoms with Crippen molar-refractivity contribution in [3.8, 4) is 0 Å². The Kier molecular flexibility index (Phi) is 4.98. The van der Waals surface area contributed by atoms with E-state index in [1.807, 2.05) is 29.8 Å². The normalized spacial score (nSPS) is 10.7. The van der Waals surface area contributed by atoms with Crippen LogP contribution < -0.4 is 5.32 Å². The number of aromatic nitrogens is 1. The summed E-state index contributed by atoms with van der Waals surface area (Å²) >= 11 is 11.1. The maximum absolute atomic E-state index is 5.94. The van der Waals surface area contributed by atoms with Crippen LogP contribution >= 0.6 is 38.9 Å². The Labute approximate surface area is 118 Å². The maximum Gasteiger partial charge on any atom is 0.0937 e. The zero-order chi connectivity index (χ0) is 12.1. The van der Waals surface area contributed by atoms with Crippen molar-refractivity contribution in [2.45, 2.75) is 13.0 Å². The molecule has 2 rings (SSSR count). The van der Waals surface area contributed by atoms with Crippen molar-refractivity contribution in [2.24, 2.45) is 0 Å². The average Bonchev–Trinajstić information content (AvgIpc) is 2.82. The number of thiazole rings is 1. The second-order valence-corrected chi connectivity index (χ2v) is 5.84. The molecule has 0 unspecified atom stereocenters. The fourth-order valence-electron chi connectivity index (χ4n) is 1.45. The highest BCUT2D eigenvalue weighted by Gasteiger charge is 1.99. The SMILES string of the molecule is Clc1ccc(CNCCc2nccs2)cc1Br. The van der Waals surface area contributed by atoms with E-state index in [4.69, 9.17) is 11.6 Å². The van der Waals surface area contributed by atoms with Crippen molar-refractivity contribution in [1.82, 2.24) is 10.3 Å². The standard InChI is InChI=1S/C12H12BrClN2S/c13-10-7-9(1-2-11(10)14)8-15-4-3-12-16-5-6-17-12/h1-2,5-7,15H,3-4,8H2. The number of benzene rings is 1. The Morgan fingerprint density at radius 1 is 1.41 bits per heavy atom. The highest BCUT2D eigenvalue weighted by Crippen LogP contribution is 2.23. The number of hydrogen-bond donors (Lipinski definition) is 1. The fraction of sp³-hybridized carbons (Fsp3) is 0.250. The first-order valence-corrected chi connectivity index (χ1v) is 7.34. The second-order valence-electron chi connectivity index (χ2n) is 3.60. The molecule has 5 heteroatoms. The molecule has 1 aromatic heterocycles. The molecule has 0 aliphatic heterocycles. The molecule has 0 saturated carbocycles. The minimum atomic E-state index is 0.747. The van der Waals surface area contributed by atoms with Gasteiger partial charge in [-0.05, 0) is 33.6 Å². The molecule has 0 bridgehead atoms. The van der Waals surface area contributed by atoms with Crippen molar-refractivity contribution >= 4 is 38.9 Å². The quantitative estimate of drug-likeness (QED) is 0.841. The predicted molar refractivity (Wildman–Crippen MR) is 76.7 cm³/mol. The topological polar surface area (TPSA) is 24.9 Å². The van der Waals surface area contributed by atoms with Gasteiger partial charge in [0, 0.05) is 35.6 Å². The second kappa shape index (κ2) is 6.50. The molecule has 0 amide bonds. The van der Waals surface area contributed by atoms with E-state index in [1.54, 1.807) is 11.3 Å². The third kappa shape index (κ3) is 4.07. The van der Waals surface area contributed by atoms with Gasteiger partial charge >= 0.3 is 0 Å². The van der Waals surface area contributed by atoms with E-state index in [-0.39, 0.29) is 0 Å². The van der Waals surface area contributed by atoms with Gasteiger partial charge in [-0.15, -0.1) is 11.3 Å². The van der Waals surface area contributed by atoms with Gasteiger partial charge in [0.25, 0.3) is 0 Å². The lowest BCUT2D eigenvalue weighted by Gasteiger charge is -2.05. The van der Waals surface area contributed by atoms with Crippen LogP contribution in [0.25, 0.3) is 0 Å². The van der Waals surface area contributed by atoms with Crippen LogP contribution in [0.3, 0.4) is 0 Å². The Morgan fingerprint density at radius 3 is 3.00 bits per heavy atom. The van der Waals surface area contributed by atoms with E-state index in [0.717, 1.165) is 29.0 Å². The van der Waals surface area contributed by atoms with E-state index >= 15 is 0 Å². The van der Waals surface area contributed by atoms with Crippen molar-refractivity contribution < 1.29 is 0 Å². The van der Waals surface area contributed by atoms with Crippen LogP contribution in [-0.2, 0) is 13.0 Å². The molecule has 0 aliphatic carbocycles. The molecule has 90 valence electrons. The molecule has 0 radical (unpaired) electrons. The number of halogens is 2. The van der Waals surface area contributed by atoms with E-state index in [0.29, 0.717) is 0 Å². The molecule has 0 fully saturated rings. The van der Waals surface area contributed by atoms with Crippen LogP contribution in [0, 0.1) is 0 Å². The van der Waals surface area contributed by atoms with Gasteiger partial charge in [-0.3, -0.25) is 0 Å². The van der Waals surface area contributed by atoms with E-state index in [9.17, 15) is 0 Å². The molecule has 1 aromatic carbocycles. The van der Waals surface area contributed by atoms with Gasteiger partial charge in [-0.1, -0.05) is 17.7 Å². The van der Waals surface area contributed by atoms with E-state index in [2.05, 4.69) is 26.2 Å².